The zero-order valence-electron chi connectivity index (χ0n) is 22.7. The van der Waals surface area contributed by atoms with E-state index in [1.165, 1.54) is 0 Å². The molecule has 204 valence electrons. The van der Waals surface area contributed by atoms with Gasteiger partial charge in [-0.25, -0.2) is 0 Å². The van der Waals surface area contributed by atoms with Crippen LogP contribution in [-0.2, 0) is 11.2 Å². The number of aromatic nitrogens is 1. The van der Waals surface area contributed by atoms with Gasteiger partial charge in [0, 0.05) is 36.6 Å². The van der Waals surface area contributed by atoms with Gasteiger partial charge < -0.3 is 15.3 Å². The topological polar surface area (TPSA) is 99.6 Å². The summed E-state index contributed by atoms with van der Waals surface area (Å²) in [5, 5.41) is 12.4. The molecule has 1 aromatic heterocycles. The summed E-state index contributed by atoms with van der Waals surface area (Å²) in [6.45, 7) is 4.36. The third-order valence-electron chi connectivity index (χ3n) is 6.82. The lowest BCUT2D eigenvalue weighted by Gasteiger charge is -2.24. The molecule has 0 bridgehead atoms. The van der Waals surface area contributed by atoms with Gasteiger partial charge in [-0.15, -0.1) is 0 Å². The second kappa shape index (κ2) is 13.3. The number of carboxylic acids is 1. The van der Waals surface area contributed by atoms with E-state index in [2.05, 4.69) is 10.3 Å². The van der Waals surface area contributed by atoms with Gasteiger partial charge in [-0.1, -0.05) is 72.3 Å². The second-order valence-electron chi connectivity index (χ2n) is 9.74. The van der Waals surface area contributed by atoms with E-state index in [1.807, 2.05) is 74.5 Å². The number of pyridine rings is 1. The molecule has 0 fully saturated rings. The molecule has 7 heteroatoms. The van der Waals surface area contributed by atoms with E-state index in [0.29, 0.717) is 35.2 Å². The van der Waals surface area contributed by atoms with Crippen molar-refractivity contribution < 1.29 is 19.5 Å². The number of nitrogens with zero attached hydrogens (tertiary/aromatic N) is 2. The molecule has 0 aliphatic heterocycles. The Kier molecular flexibility index (Phi) is 9.41. The summed E-state index contributed by atoms with van der Waals surface area (Å²) in [4.78, 5) is 44.4. The Hall–Kier alpha value is -4.78. The summed E-state index contributed by atoms with van der Waals surface area (Å²) >= 11 is 0. The summed E-state index contributed by atoms with van der Waals surface area (Å²) in [6, 6.07) is 25.9. The molecule has 0 aliphatic rings. The third-order valence-corrected chi connectivity index (χ3v) is 6.82. The van der Waals surface area contributed by atoms with Gasteiger partial charge in [0.1, 0.15) is 0 Å². The van der Waals surface area contributed by atoms with Gasteiger partial charge >= 0.3 is 5.97 Å². The van der Waals surface area contributed by atoms with Crippen molar-refractivity contribution in [2.24, 2.45) is 0 Å². The van der Waals surface area contributed by atoms with E-state index in [-0.39, 0.29) is 30.8 Å². The Morgan fingerprint density at radius 1 is 0.850 bits per heavy atom. The number of rotatable bonds is 11. The number of carbonyl (C=O) groups excluding carboxylic acids is 2. The Labute approximate surface area is 234 Å². The van der Waals surface area contributed by atoms with Crippen LogP contribution in [0.3, 0.4) is 0 Å². The first-order valence-corrected chi connectivity index (χ1v) is 13.3. The molecule has 0 aliphatic carbocycles. The van der Waals surface area contributed by atoms with Crippen LogP contribution in [0, 0.1) is 6.92 Å². The fourth-order valence-corrected chi connectivity index (χ4v) is 4.56. The summed E-state index contributed by atoms with van der Waals surface area (Å²) < 4.78 is 0. The van der Waals surface area contributed by atoms with Crippen LogP contribution < -0.4 is 5.32 Å². The molecule has 40 heavy (non-hydrogen) atoms. The van der Waals surface area contributed by atoms with Crippen molar-refractivity contribution in [3.05, 3.63) is 125 Å². The van der Waals surface area contributed by atoms with Gasteiger partial charge in [0.05, 0.1) is 12.5 Å². The van der Waals surface area contributed by atoms with Crippen molar-refractivity contribution in [3.8, 4) is 11.1 Å². The van der Waals surface area contributed by atoms with Crippen LogP contribution in [0.5, 0.6) is 0 Å². The van der Waals surface area contributed by atoms with E-state index < -0.39 is 5.97 Å². The molecule has 1 atom stereocenters. The van der Waals surface area contributed by atoms with Gasteiger partial charge in [-0.3, -0.25) is 19.4 Å². The standard InChI is InChI=1S/C33H33N3O4/c1-23-13-15-26(16-14-23)24(2)35-32(39)29-11-5-3-9-27(29)28-10-4-6-12-30(28)33(40)36(21-18-31(37)38)20-17-25-8-7-19-34-22-25/h3-16,19,22,24H,17-18,20-21H2,1-2H3,(H,35,39)(H,37,38)/t24-/m1/s1. The molecule has 0 radical (unpaired) electrons. The minimum Gasteiger partial charge on any atom is -0.481 e. The Balaban J connectivity index is 1.62. The lowest BCUT2D eigenvalue weighted by Crippen LogP contribution is -2.35. The second-order valence-corrected chi connectivity index (χ2v) is 9.74. The van der Waals surface area contributed by atoms with E-state index in [9.17, 15) is 19.5 Å². The van der Waals surface area contributed by atoms with Crippen LogP contribution in [-0.4, -0.2) is 45.9 Å². The average Bonchev–Trinajstić information content (AvgIpc) is 2.97. The Morgan fingerprint density at radius 2 is 1.50 bits per heavy atom. The van der Waals surface area contributed by atoms with Crippen molar-refractivity contribution in [2.75, 3.05) is 13.1 Å². The quantitative estimate of drug-likeness (QED) is 0.256. The molecular weight excluding hydrogens is 502 g/mol. The van der Waals surface area contributed by atoms with Crippen LogP contribution in [0.25, 0.3) is 11.1 Å². The first kappa shape index (κ1) is 28.2. The summed E-state index contributed by atoms with van der Waals surface area (Å²) in [5.41, 5.74) is 5.20. The van der Waals surface area contributed by atoms with Crippen molar-refractivity contribution in [1.82, 2.24) is 15.2 Å². The maximum Gasteiger partial charge on any atom is 0.305 e. The van der Waals surface area contributed by atoms with Gasteiger partial charge in [-0.2, -0.15) is 0 Å². The summed E-state index contributed by atoms with van der Waals surface area (Å²) in [5.74, 6) is -1.51. The predicted molar refractivity (Wildman–Crippen MR) is 155 cm³/mol. The number of amides is 2. The highest BCUT2D eigenvalue weighted by atomic mass is 16.4. The van der Waals surface area contributed by atoms with E-state index in [4.69, 9.17) is 0 Å². The summed E-state index contributed by atoms with van der Waals surface area (Å²) in [6.07, 6.45) is 3.79. The first-order chi connectivity index (χ1) is 19.3. The Morgan fingerprint density at radius 3 is 2.15 bits per heavy atom. The number of carboxylic acid groups (broad SMARTS) is 1. The minimum absolute atomic E-state index is 0.0684. The highest BCUT2D eigenvalue weighted by molar-refractivity contribution is 6.06. The van der Waals surface area contributed by atoms with Crippen molar-refractivity contribution in [3.63, 3.8) is 0 Å². The molecule has 0 unspecified atom stereocenters. The first-order valence-electron chi connectivity index (χ1n) is 13.3. The maximum absolute atomic E-state index is 13.9. The smallest absolute Gasteiger partial charge is 0.305 e. The van der Waals surface area contributed by atoms with Crippen LogP contribution >= 0.6 is 0 Å². The fourth-order valence-electron chi connectivity index (χ4n) is 4.56. The molecular formula is C33H33N3O4. The van der Waals surface area contributed by atoms with Gasteiger partial charge in [-0.05, 0) is 60.7 Å². The van der Waals surface area contributed by atoms with Gasteiger partial charge in [0.25, 0.3) is 11.8 Å². The number of benzene rings is 3. The van der Waals surface area contributed by atoms with Crippen LogP contribution in [0.2, 0.25) is 0 Å². The predicted octanol–water partition coefficient (Wildman–Crippen LogP) is 5.71. The van der Waals surface area contributed by atoms with Gasteiger partial charge in [0.2, 0.25) is 0 Å². The molecule has 2 N–H and O–H groups in total. The zero-order chi connectivity index (χ0) is 28.5. The van der Waals surface area contributed by atoms with Crippen LogP contribution in [0.15, 0.2) is 97.3 Å². The summed E-state index contributed by atoms with van der Waals surface area (Å²) in [7, 11) is 0. The molecule has 7 nitrogen and oxygen atoms in total. The number of carbonyl (C=O) groups is 3. The molecule has 4 rings (SSSR count). The van der Waals surface area contributed by atoms with E-state index in [1.54, 1.807) is 41.6 Å². The van der Waals surface area contributed by atoms with Crippen molar-refractivity contribution in [2.45, 2.75) is 32.7 Å². The maximum atomic E-state index is 13.9. The fraction of sp³-hybridized carbons (Fsp3) is 0.212. The molecule has 4 aromatic rings. The van der Waals surface area contributed by atoms with Crippen molar-refractivity contribution >= 4 is 17.8 Å². The van der Waals surface area contributed by atoms with Crippen LogP contribution in [0.1, 0.15) is 56.8 Å². The van der Waals surface area contributed by atoms with Crippen molar-refractivity contribution in [1.29, 1.82) is 0 Å². The zero-order valence-corrected chi connectivity index (χ0v) is 22.7. The largest absolute Gasteiger partial charge is 0.481 e. The van der Waals surface area contributed by atoms with Crippen LogP contribution in [0.4, 0.5) is 0 Å². The number of aliphatic carboxylic acids is 1. The SMILES string of the molecule is Cc1ccc([C@@H](C)NC(=O)c2ccccc2-c2ccccc2C(=O)N(CCC(=O)O)CCc2cccnc2)cc1. The minimum atomic E-state index is -0.975. The highest BCUT2D eigenvalue weighted by Crippen LogP contribution is 2.29. The molecule has 2 amide bonds. The molecule has 1 heterocycles. The average molecular weight is 536 g/mol. The number of hydrogen-bond acceptors (Lipinski definition) is 4. The lowest BCUT2D eigenvalue weighted by atomic mass is 9.94. The molecule has 0 saturated carbocycles. The molecule has 0 spiro atoms. The number of hydrogen-bond donors (Lipinski definition) is 2. The molecule has 0 saturated heterocycles. The highest BCUT2D eigenvalue weighted by Gasteiger charge is 2.23. The lowest BCUT2D eigenvalue weighted by molar-refractivity contribution is -0.137. The third kappa shape index (κ3) is 7.20. The number of aryl methyl sites for hydroxylation is 1. The normalized spacial score (nSPS) is 11.4. The Bertz CT molecular complexity index is 1470. The number of nitrogens with one attached hydrogen (secondary N) is 1. The molecule has 3 aromatic carbocycles. The monoisotopic (exact) mass is 535 g/mol. The van der Waals surface area contributed by atoms with E-state index >= 15 is 0 Å². The van der Waals surface area contributed by atoms with E-state index in [0.717, 1.165) is 16.7 Å². The van der Waals surface area contributed by atoms with Gasteiger partial charge in [0.15, 0.2) is 0 Å².